The smallest absolute Gasteiger partial charge is 0.263 e. The van der Waals surface area contributed by atoms with Crippen LogP contribution in [0.4, 0.5) is 11.5 Å². The van der Waals surface area contributed by atoms with Crippen molar-refractivity contribution in [2.75, 3.05) is 10.0 Å². The molecule has 4 rings (SSSR count). The first-order valence-corrected chi connectivity index (χ1v) is 11.7. The number of benzene rings is 2. The molecule has 0 aliphatic carbocycles. The van der Waals surface area contributed by atoms with Crippen molar-refractivity contribution < 1.29 is 13.2 Å². The number of halogens is 1. The van der Waals surface area contributed by atoms with Crippen LogP contribution in [0.5, 0.6) is 0 Å². The Kier molecular flexibility index (Phi) is 5.99. The fourth-order valence-electron chi connectivity index (χ4n) is 2.68. The van der Waals surface area contributed by atoms with E-state index in [1.165, 1.54) is 41.9 Å². The van der Waals surface area contributed by atoms with Gasteiger partial charge in [0, 0.05) is 18.0 Å². The molecule has 156 valence electrons. The lowest BCUT2D eigenvalue weighted by atomic mass is 10.3. The maximum absolute atomic E-state index is 12.6. The van der Waals surface area contributed by atoms with Crippen LogP contribution in [0.25, 0.3) is 11.0 Å². The number of sulfonamides is 1. The topological polar surface area (TPSA) is 101 Å². The molecule has 0 aliphatic heterocycles. The number of allylic oxidation sites excluding steroid dienone is 1. The van der Waals surface area contributed by atoms with Crippen molar-refractivity contribution in [3.8, 4) is 0 Å². The van der Waals surface area contributed by atoms with Crippen LogP contribution in [0.15, 0.2) is 84.0 Å². The molecule has 0 bridgehead atoms. The maximum Gasteiger partial charge on any atom is 0.263 e. The molecule has 2 heterocycles. The molecule has 10 heteroatoms. The summed E-state index contributed by atoms with van der Waals surface area (Å²) in [4.78, 5) is 21.1. The van der Waals surface area contributed by atoms with Gasteiger partial charge in [0.2, 0.25) is 0 Å². The molecule has 0 atom stereocenters. The average molecular weight is 471 g/mol. The number of carbonyl (C=O) groups is 1. The van der Waals surface area contributed by atoms with Crippen molar-refractivity contribution in [1.29, 1.82) is 0 Å². The number of nitrogens with one attached hydrogen (secondary N) is 2. The van der Waals surface area contributed by atoms with E-state index < -0.39 is 10.0 Å². The summed E-state index contributed by atoms with van der Waals surface area (Å²) in [6.07, 6.45) is 4.24. The van der Waals surface area contributed by atoms with Crippen LogP contribution in [0.2, 0.25) is 4.34 Å². The number of aromatic nitrogens is 2. The first kappa shape index (κ1) is 21.0. The third-order valence-electron chi connectivity index (χ3n) is 4.15. The number of para-hydroxylation sites is 2. The van der Waals surface area contributed by atoms with Gasteiger partial charge in [-0.2, -0.15) is 0 Å². The zero-order chi connectivity index (χ0) is 21.8. The number of anilines is 2. The summed E-state index contributed by atoms with van der Waals surface area (Å²) in [7, 11) is -3.83. The predicted molar refractivity (Wildman–Crippen MR) is 123 cm³/mol. The van der Waals surface area contributed by atoms with Crippen molar-refractivity contribution in [1.82, 2.24) is 9.97 Å². The molecule has 0 saturated heterocycles. The van der Waals surface area contributed by atoms with E-state index in [0.717, 1.165) is 0 Å². The number of carbonyl (C=O) groups excluding carboxylic acids is 1. The Bertz CT molecular complexity index is 1380. The van der Waals surface area contributed by atoms with Crippen LogP contribution >= 0.6 is 22.9 Å². The minimum atomic E-state index is -3.83. The predicted octanol–water partition coefficient (Wildman–Crippen LogP) is 4.95. The summed E-state index contributed by atoms with van der Waals surface area (Å²) < 4.78 is 28.3. The van der Waals surface area contributed by atoms with E-state index in [4.69, 9.17) is 11.6 Å². The van der Waals surface area contributed by atoms with Gasteiger partial charge in [-0.05, 0) is 48.5 Å². The minimum absolute atomic E-state index is 0.0706. The van der Waals surface area contributed by atoms with Gasteiger partial charge in [-0.3, -0.25) is 14.5 Å². The van der Waals surface area contributed by atoms with Gasteiger partial charge < -0.3 is 5.32 Å². The molecule has 0 spiro atoms. The van der Waals surface area contributed by atoms with Crippen molar-refractivity contribution >= 4 is 61.3 Å². The maximum atomic E-state index is 12.6. The van der Waals surface area contributed by atoms with Gasteiger partial charge in [0.25, 0.3) is 10.0 Å². The van der Waals surface area contributed by atoms with Gasteiger partial charge >= 0.3 is 0 Å². The number of rotatable bonds is 7. The lowest BCUT2D eigenvalue weighted by molar-refractivity contribution is 0.105. The highest BCUT2D eigenvalue weighted by molar-refractivity contribution is 7.92. The zero-order valence-electron chi connectivity index (χ0n) is 15.8. The number of nitrogens with zero attached hydrogens (tertiary/aromatic N) is 2. The fraction of sp³-hybridized carbons (Fsp3) is 0. The molecule has 0 amide bonds. The van der Waals surface area contributed by atoms with Crippen LogP contribution in [0.1, 0.15) is 9.67 Å². The molecule has 7 nitrogen and oxygen atoms in total. The molecule has 0 saturated carbocycles. The van der Waals surface area contributed by atoms with E-state index >= 15 is 0 Å². The second-order valence-corrected chi connectivity index (χ2v) is 9.72. The second kappa shape index (κ2) is 8.84. The molecule has 4 aromatic rings. The van der Waals surface area contributed by atoms with E-state index in [-0.39, 0.29) is 16.5 Å². The van der Waals surface area contributed by atoms with Crippen LogP contribution in [-0.4, -0.2) is 24.2 Å². The highest BCUT2D eigenvalue weighted by Gasteiger charge is 2.15. The van der Waals surface area contributed by atoms with Gasteiger partial charge in [-0.1, -0.05) is 23.7 Å². The average Bonchev–Trinajstić information content (AvgIpc) is 3.20. The Morgan fingerprint density at radius 2 is 1.74 bits per heavy atom. The van der Waals surface area contributed by atoms with Crippen molar-refractivity contribution in [2.45, 2.75) is 4.90 Å². The molecule has 31 heavy (non-hydrogen) atoms. The van der Waals surface area contributed by atoms with Crippen molar-refractivity contribution in [2.24, 2.45) is 0 Å². The minimum Gasteiger partial charge on any atom is -0.362 e. The molecule has 0 fully saturated rings. The highest BCUT2D eigenvalue weighted by Crippen LogP contribution is 2.22. The fourth-order valence-corrected chi connectivity index (χ4v) is 4.62. The Balaban J connectivity index is 1.42. The van der Waals surface area contributed by atoms with Crippen LogP contribution in [0.3, 0.4) is 0 Å². The van der Waals surface area contributed by atoms with Crippen LogP contribution < -0.4 is 10.0 Å². The molecule has 0 unspecified atom stereocenters. The monoisotopic (exact) mass is 470 g/mol. The lowest BCUT2D eigenvalue weighted by Gasteiger charge is -2.08. The largest absolute Gasteiger partial charge is 0.362 e. The second-order valence-electron chi connectivity index (χ2n) is 6.32. The normalized spacial score (nSPS) is 11.6. The SMILES string of the molecule is O=C(/C=C\Nc1ccc(S(=O)(=O)Nc2cnc3ccccc3n2)cc1)c1ccc(Cl)s1. The van der Waals surface area contributed by atoms with Crippen LogP contribution in [0, 0.1) is 0 Å². The van der Waals surface area contributed by atoms with Crippen molar-refractivity contribution in [3.63, 3.8) is 0 Å². The summed E-state index contributed by atoms with van der Waals surface area (Å²) in [6, 6.07) is 16.6. The van der Waals surface area contributed by atoms with E-state index in [2.05, 4.69) is 20.0 Å². The van der Waals surface area contributed by atoms with Crippen molar-refractivity contribution in [3.05, 3.63) is 88.3 Å². The quantitative estimate of drug-likeness (QED) is 0.292. The molecule has 2 aromatic carbocycles. The van der Waals surface area contributed by atoms with Gasteiger partial charge in [-0.15, -0.1) is 11.3 Å². The molecule has 0 radical (unpaired) electrons. The third-order valence-corrected chi connectivity index (χ3v) is 6.77. The van der Waals surface area contributed by atoms with E-state index in [1.54, 1.807) is 42.5 Å². The number of thiophene rings is 1. The van der Waals surface area contributed by atoms with E-state index in [0.29, 0.717) is 25.9 Å². The Hall–Kier alpha value is -3.27. The molecule has 2 aromatic heterocycles. The number of fused-ring (bicyclic) bond motifs is 1. The highest BCUT2D eigenvalue weighted by atomic mass is 35.5. The van der Waals surface area contributed by atoms with Crippen LogP contribution in [-0.2, 0) is 10.0 Å². The van der Waals surface area contributed by atoms with Gasteiger partial charge in [0.05, 0.1) is 31.3 Å². The van der Waals surface area contributed by atoms with Gasteiger partial charge in [0.1, 0.15) is 0 Å². The number of ketones is 1. The summed E-state index contributed by atoms with van der Waals surface area (Å²) in [5, 5.41) is 2.93. The Morgan fingerprint density at radius 1 is 1.00 bits per heavy atom. The molecular formula is C21H15ClN4O3S2. The molecule has 0 aliphatic rings. The van der Waals surface area contributed by atoms with Gasteiger partial charge in [0.15, 0.2) is 11.6 Å². The Morgan fingerprint density at radius 3 is 2.45 bits per heavy atom. The first-order chi connectivity index (χ1) is 14.9. The molecule has 2 N–H and O–H groups in total. The summed E-state index contributed by atoms with van der Waals surface area (Å²) in [5.41, 5.74) is 1.89. The summed E-state index contributed by atoms with van der Waals surface area (Å²) in [5.74, 6) is -0.0414. The van der Waals surface area contributed by atoms with Gasteiger partial charge in [-0.25, -0.2) is 13.4 Å². The summed E-state index contributed by atoms with van der Waals surface area (Å²) in [6.45, 7) is 0. The Labute approximate surface area is 187 Å². The van der Waals surface area contributed by atoms with E-state index in [1.807, 2.05) is 6.07 Å². The van der Waals surface area contributed by atoms with E-state index in [9.17, 15) is 13.2 Å². The molecular weight excluding hydrogens is 456 g/mol. The number of hydrogen-bond acceptors (Lipinski definition) is 7. The zero-order valence-corrected chi connectivity index (χ0v) is 18.2. The number of hydrogen-bond donors (Lipinski definition) is 2. The lowest BCUT2D eigenvalue weighted by Crippen LogP contribution is -2.14. The standard InChI is InChI=1S/C21H15ClN4O3S2/c22-20-10-9-19(30-20)18(27)11-12-23-14-5-7-15(8-6-14)31(28,29)26-21-13-24-16-3-1-2-4-17(16)25-21/h1-13,23H,(H,25,26)/b12-11-. The summed E-state index contributed by atoms with van der Waals surface area (Å²) >= 11 is 7.03. The first-order valence-electron chi connectivity index (χ1n) is 8.98. The third kappa shape index (κ3) is 5.08.